The van der Waals surface area contributed by atoms with E-state index >= 15 is 0 Å². The lowest BCUT2D eigenvalue weighted by molar-refractivity contribution is 0.0951. The molecule has 6 nitrogen and oxygen atoms in total. The summed E-state index contributed by atoms with van der Waals surface area (Å²) in [6, 6.07) is 7.44. The van der Waals surface area contributed by atoms with Crippen LogP contribution in [-0.4, -0.2) is 41.1 Å². The molecule has 0 fully saturated rings. The van der Waals surface area contributed by atoms with E-state index in [-0.39, 0.29) is 12.5 Å². The van der Waals surface area contributed by atoms with E-state index in [0.29, 0.717) is 30.0 Å². The number of aliphatic hydroxyl groups excluding tert-OH is 1. The maximum absolute atomic E-state index is 12.2. The van der Waals surface area contributed by atoms with Crippen LogP contribution in [0.5, 0.6) is 5.75 Å². The average Bonchev–Trinajstić information content (AvgIpc) is 2.89. The Morgan fingerprint density at radius 3 is 2.90 bits per heavy atom. The fourth-order valence-corrected chi connectivity index (χ4v) is 2.07. The predicted octanol–water partition coefficient (Wildman–Crippen LogP) is 1.21. The summed E-state index contributed by atoms with van der Waals surface area (Å²) < 4.78 is 6.93. The van der Waals surface area contributed by atoms with Crippen LogP contribution in [0.15, 0.2) is 30.5 Å². The quantitative estimate of drug-likeness (QED) is 0.784. The number of aryl methyl sites for hydroxylation is 1. The largest absolute Gasteiger partial charge is 0.496 e. The number of aliphatic hydroxyl groups is 1. The van der Waals surface area contributed by atoms with Gasteiger partial charge in [0.05, 0.1) is 12.7 Å². The number of hydrogen-bond donors (Lipinski definition) is 2. The molecule has 0 unspecified atom stereocenters. The Bertz CT molecular complexity index is 622. The molecule has 1 aromatic heterocycles. The van der Waals surface area contributed by atoms with Gasteiger partial charge in [0.25, 0.3) is 5.91 Å². The number of amides is 1. The molecule has 2 N–H and O–H groups in total. The number of nitrogens with zero attached hydrogens (tertiary/aromatic N) is 2. The number of methoxy groups -OCH3 is 1. The van der Waals surface area contributed by atoms with Gasteiger partial charge in [0.15, 0.2) is 0 Å². The van der Waals surface area contributed by atoms with Gasteiger partial charge in [-0.2, -0.15) is 5.10 Å². The standard InChI is InChI=1S/C15H19N3O3/c1-18-10-12(15(20)16-8-5-9-19)14(17-18)11-6-3-4-7-13(11)21-2/h3-4,6-7,10,19H,5,8-9H2,1-2H3,(H,16,20). The van der Waals surface area contributed by atoms with Crippen molar-refractivity contribution in [3.8, 4) is 17.0 Å². The van der Waals surface area contributed by atoms with E-state index in [1.54, 1.807) is 25.0 Å². The Kier molecular flexibility index (Phi) is 4.94. The third-order valence-corrected chi connectivity index (χ3v) is 3.06. The molecular weight excluding hydrogens is 270 g/mol. The van der Waals surface area contributed by atoms with Crippen molar-refractivity contribution in [1.29, 1.82) is 0 Å². The van der Waals surface area contributed by atoms with E-state index < -0.39 is 0 Å². The van der Waals surface area contributed by atoms with E-state index in [4.69, 9.17) is 9.84 Å². The van der Waals surface area contributed by atoms with Crippen molar-refractivity contribution in [2.45, 2.75) is 6.42 Å². The highest BCUT2D eigenvalue weighted by Gasteiger charge is 2.19. The molecule has 0 saturated carbocycles. The molecule has 0 saturated heterocycles. The first-order chi connectivity index (χ1) is 10.2. The highest BCUT2D eigenvalue weighted by molar-refractivity contribution is 6.00. The van der Waals surface area contributed by atoms with Crippen LogP contribution < -0.4 is 10.1 Å². The molecule has 6 heteroatoms. The van der Waals surface area contributed by atoms with Gasteiger partial charge in [-0.05, 0) is 18.6 Å². The van der Waals surface area contributed by atoms with Gasteiger partial charge in [-0.25, -0.2) is 0 Å². The number of carbonyl (C=O) groups excluding carboxylic acids is 1. The zero-order chi connectivity index (χ0) is 15.2. The molecule has 2 rings (SSSR count). The monoisotopic (exact) mass is 289 g/mol. The van der Waals surface area contributed by atoms with Crippen molar-refractivity contribution in [2.75, 3.05) is 20.3 Å². The van der Waals surface area contributed by atoms with Crippen LogP contribution in [0.25, 0.3) is 11.3 Å². The topological polar surface area (TPSA) is 76.4 Å². The van der Waals surface area contributed by atoms with Crippen molar-refractivity contribution < 1.29 is 14.6 Å². The molecule has 1 heterocycles. The van der Waals surface area contributed by atoms with Crippen molar-refractivity contribution >= 4 is 5.91 Å². The van der Waals surface area contributed by atoms with E-state index in [0.717, 1.165) is 5.56 Å². The zero-order valence-corrected chi connectivity index (χ0v) is 12.2. The average molecular weight is 289 g/mol. The molecule has 0 aliphatic rings. The summed E-state index contributed by atoms with van der Waals surface area (Å²) in [6.45, 7) is 0.474. The molecule has 0 bridgehead atoms. The van der Waals surface area contributed by atoms with E-state index in [1.165, 1.54) is 0 Å². The van der Waals surface area contributed by atoms with Crippen LogP contribution in [0.2, 0.25) is 0 Å². The second-order valence-corrected chi connectivity index (χ2v) is 4.60. The molecule has 1 amide bonds. The Hall–Kier alpha value is -2.34. The number of ether oxygens (including phenoxy) is 1. The van der Waals surface area contributed by atoms with Gasteiger partial charge >= 0.3 is 0 Å². The van der Waals surface area contributed by atoms with Crippen LogP contribution >= 0.6 is 0 Å². The van der Waals surface area contributed by atoms with Crippen LogP contribution in [-0.2, 0) is 7.05 Å². The molecule has 0 aliphatic heterocycles. The summed E-state index contributed by atoms with van der Waals surface area (Å²) in [5.74, 6) is 0.457. The van der Waals surface area contributed by atoms with E-state index in [2.05, 4.69) is 10.4 Å². The smallest absolute Gasteiger partial charge is 0.255 e. The number of hydrogen-bond acceptors (Lipinski definition) is 4. The van der Waals surface area contributed by atoms with Gasteiger partial charge in [-0.15, -0.1) is 0 Å². The third-order valence-electron chi connectivity index (χ3n) is 3.06. The van der Waals surface area contributed by atoms with Gasteiger partial charge in [-0.3, -0.25) is 9.48 Å². The fraction of sp³-hybridized carbons (Fsp3) is 0.333. The lowest BCUT2D eigenvalue weighted by Gasteiger charge is -2.08. The summed E-state index contributed by atoms with van der Waals surface area (Å²) in [4.78, 5) is 12.2. The van der Waals surface area contributed by atoms with Crippen LogP contribution in [0.1, 0.15) is 16.8 Å². The van der Waals surface area contributed by atoms with Gasteiger partial charge in [0.2, 0.25) is 0 Å². The minimum atomic E-state index is -0.211. The lowest BCUT2D eigenvalue weighted by Crippen LogP contribution is -2.25. The van der Waals surface area contributed by atoms with Crippen LogP contribution in [0.3, 0.4) is 0 Å². The molecular formula is C15H19N3O3. The molecule has 0 radical (unpaired) electrons. The first-order valence-electron chi connectivity index (χ1n) is 6.73. The summed E-state index contributed by atoms with van der Waals surface area (Å²) in [5.41, 5.74) is 1.84. The normalized spacial score (nSPS) is 10.4. The van der Waals surface area contributed by atoms with E-state index in [1.807, 2.05) is 24.3 Å². The number of rotatable bonds is 6. The summed E-state index contributed by atoms with van der Waals surface area (Å²) in [6.07, 6.45) is 2.20. The van der Waals surface area contributed by atoms with E-state index in [9.17, 15) is 4.79 Å². The van der Waals surface area contributed by atoms with Gasteiger partial charge in [0, 0.05) is 32.0 Å². The Balaban J connectivity index is 2.34. The predicted molar refractivity (Wildman–Crippen MR) is 79.2 cm³/mol. The molecule has 2 aromatic rings. The van der Waals surface area contributed by atoms with Crippen LogP contribution in [0, 0.1) is 0 Å². The fourth-order valence-electron chi connectivity index (χ4n) is 2.07. The second-order valence-electron chi connectivity index (χ2n) is 4.60. The third kappa shape index (κ3) is 3.41. The molecule has 21 heavy (non-hydrogen) atoms. The Labute approximate surface area is 123 Å². The molecule has 0 spiro atoms. The van der Waals surface area contributed by atoms with Gasteiger partial charge in [0.1, 0.15) is 11.4 Å². The van der Waals surface area contributed by atoms with Crippen molar-refractivity contribution in [3.63, 3.8) is 0 Å². The minimum absolute atomic E-state index is 0.0483. The van der Waals surface area contributed by atoms with Crippen molar-refractivity contribution in [2.24, 2.45) is 7.05 Å². The Morgan fingerprint density at radius 1 is 1.43 bits per heavy atom. The van der Waals surface area contributed by atoms with Crippen molar-refractivity contribution in [1.82, 2.24) is 15.1 Å². The molecule has 0 aliphatic carbocycles. The number of para-hydroxylation sites is 1. The minimum Gasteiger partial charge on any atom is -0.496 e. The second kappa shape index (κ2) is 6.90. The number of aromatic nitrogens is 2. The first kappa shape index (κ1) is 15.1. The molecule has 0 atom stereocenters. The highest BCUT2D eigenvalue weighted by Crippen LogP contribution is 2.30. The highest BCUT2D eigenvalue weighted by atomic mass is 16.5. The number of benzene rings is 1. The van der Waals surface area contributed by atoms with Crippen molar-refractivity contribution in [3.05, 3.63) is 36.0 Å². The maximum atomic E-state index is 12.2. The van der Waals surface area contributed by atoms with Gasteiger partial charge in [-0.1, -0.05) is 12.1 Å². The maximum Gasteiger partial charge on any atom is 0.255 e. The summed E-state index contributed by atoms with van der Waals surface area (Å²) in [5, 5.41) is 15.9. The first-order valence-corrected chi connectivity index (χ1v) is 6.73. The lowest BCUT2D eigenvalue weighted by atomic mass is 10.1. The number of carbonyl (C=O) groups is 1. The van der Waals surface area contributed by atoms with Crippen LogP contribution in [0.4, 0.5) is 0 Å². The summed E-state index contributed by atoms with van der Waals surface area (Å²) in [7, 11) is 3.35. The SMILES string of the molecule is COc1ccccc1-c1nn(C)cc1C(=O)NCCCO. The number of nitrogens with one attached hydrogen (secondary N) is 1. The zero-order valence-electron chi connectivity index (χ0n) is 12.2. The molecule has 112 valence electrons. The Morgan fingerprint density at radius 2 is 2.19 bits per heavy atom. The molecule has 1 aromatic carbocycles. The van der Waals surface area contributed by atoms with Gasteiger partial charge < -0.3 is 15.2 Å². The summed E-state index contributed by atoms with van der Waals surface area (Å²) >= 11 is 0.